The number of carbonyl (C=O) groups is 1. The highest BCUT2D eigenvalue weighted by molar-refractivity contribution is 5.89. The van der Waals surface area contributed by atoms with E-state index in [9.17, 15) is 9.90 Å². The Morgan fingerprint density at radius 2 is 1.91 bits per heavy atom. The number of rotatable bonds is 5. The molecular weight excluding hydrogens is 280 g/mol. The maximum Gasteiger partial charge on any atom is 0.337 e. The van der Waals surface area contributed by atoms with E-state index in [1.165, 1.54) is 7.11 Å². The normalized spacial score (nSPS) is 18.0. The average Bonchev–Trinajstić information content (AvgIpc) is 2.56. The lowest BCUT2D eigenvalue weighted by atomic mass is 9.79. The summed E-state index contributed by atoms with van der Waals surface area (Å²) < 4.78 is 4.74. The van der Waals surface area contributed by atoms with Crippen LogP contribution in [0.4, 0.5) is 0 Å². The molecule has 0 amide bonds. The summed E-state index contributed by atoms with van der Waals surface area (Å²) in [6, 6.07) is 7.65. The second-order valence-electron chi connectivity index (χ2n) is 6.45. The van der Waals surface area contributed by atoms with E-state index in [2.05, 4.69) is 24.1 Å². The molecule has 1 aliphatic heterocycles. The van der Waals surface area contributed by atoms with Gasteiger partial charge in [0.25, 0.3) is 0 Å². The lowest BCUT2D eigenvalue weighted by Gasteiger charge is -2.43. The number of hydrogen-bond donors (Lipinski definition) is 2. The Hall–Kier alpha value is -1.43. The molecule has 0 bridgehead atoms. The molecule has 0 aliphatic carbocycles. The Morgan fingerprint density at radius 3 is 2.41 bits per heavy atom. The summed E-state index contributed by atoms with van der Waals surface area (Å²) in [6.07, 6.45) is 0. The minimum absolute atomic E-state index is 0.111. The number of benzene rings is 1. The molecule has 122 valence electrons. The molecule has 22 heavy (non-hydrogen) atoms. The monoisotopic (exact) mass is 306 g/mol. The van der Waals surface area contributed by atoms with Crippen molar-refractivity contribution >= 4 is 5.97 Å². The summed E-state index contributed by atoms with van der Waals surface area (Å²) in [5.74, 6) is -0.327. The smallest absolute Gasteiger partial charge is 0.337 e. The fraction of sp³-hybridized carbons (Fsp3) is 0.588. The first kappa shape index (κ1) is 16.9. The molecule has 0 spiro atoms. The van der Waals surface area contributed by atoms with Gasteiger partial charge in [-0.15, -0.1) is 0 Å². The molecule has 1 atom stereocenters. The number of methoxy groups -OCH3 is 1. The van der Waals surface area contributed by atoms with Gasteiger partial charge in [0.15, 0.2) is 0 Å². The van der Waals surface area contributed by atoms with Crippen molar-refractivity contribution in [3.05, 3.63) is 35.4 Å². The van der Waals surface area contributed by atoms with Crippen LogP contribution < -0.4 is 5.32 Å². The average molecular weight is 306 g/mol. The largest absolute Gasteiger partial charge is 0.465 e. The first-order valence-electron chi connectivity index (χ1n) is 7.73. The van der Waals surface area contributed by atoms with E-state index in [1.54, 1.807) is 12.1 Å². The second kappa shape index (κ2) is 7.22. The van der Waals surface area contributed by atoms with Crippen molar-refractivity contribution < 1.29 is 14.6 Å². The summed E-state index contributed by atoms with van der Waals surface area (Å²) >= 11 is 0. The Labute approximate surface area is 132 Å². The number of aliphatic hydroxyl groups excluding tert-OH is 1. The maximum atomic E-state index is 11.6. The minimum atomic E-state index is -0.327. The predicted octanol–water partition coefficient (Wildman–Crippen LogP) is 1.44. The first-order valence-corrected chi connectivity index (χ1v) is 7.73. The molecular formula is C17H26N2O3. The van der Waals surface area contributed by atoms with Crippen molar-refractivity contribution in [1.82, 2.24) is 10.2 Å². The van der Waals surface area contributed by atoms with Gasteiger partial charge in [0.05, 0.1) is 12.7 Å². The molecule has 0 unspecified atom stereocenters. The van der Waals surface area contributed by atoms with Gasteiger partial charge >= 0.3 is 5.97 Å². The molecule has 1 fully saturated rings. The van der Waals surface area contributed by atoms with Crippen molar-refractivity contribution in [2.75, 3.05) is 39.9 Å². The van der Waals surface area contributed by atoms with Crippen LogP contribution in [0.3, 0.4) is 0 Å². The molecule has 2 N–H and O–H groups in total. The molecule has 1 aromatic carbocycles. The minimum Gasteiger partial charge on any atom is -0.465 e. The van der Waals surface area contributed by atoms with Crippen LogP contribution in [0.1, 0.15) is 35.8 Å². The highest BCUT2D eigenvalue weighted by atomic mass is 16.5. The van der Waals surface area contributed by atoms with Gasteiger partial charge in [0.2, 0.25) is 0 Å². The molecule has 1 aromatic rings. The first-order chi connectivity index (χ1) is 10.5. The van der Waals surface area contributed by atoms with E-state index in [-0.39, 0.29) is 24.0 Å². The number of nitrogens with zero attached hydrogens (tertiary/aromatic N) is 1. The van der Waals surface area contributed by atoms with Crippen molar-refractivity contribution in [3.8, 4) is 0 Å². The molecule has 1 heterocycles. The van der Waals surface area contributed by atoms with Crippen molar-refractivity contribution in [2.24, 2.45) is 5.41 Å². The third kappa shape index (κ3) is 3.66. The molecule has 5 heteroatoms. The predicted molar refractivity (Wildman–Crippen MR) is 85.8 cm³/mol. The lowest BCUT2D eigenvalue weighted by Crippen LogP contribution is -2.49. The summed E-state index contributed by atoms with van der Waals surface area (Å²) in [5, 5.41) is 13.2. The van der Waals surface area contributed by atoms with Crippen LogP contribution in [0.5, 0.6) is 0 Å². The van der Waals surface area contributed by atoms with E-state index < -0.39 is 0 Å². The highest BCUT2D eigenvalue weighted by Gasteiger charge is 2.35. The zero-order valence-corrected chi connectivity index (χ0v) is 13.6. The molecule has 1 saturated heterocycles. The second-order valence-corrected chi connectivity index (χ2v) is 6.45. The third-order valence-electron chi connectivity index (χ3n) is 4.31. The number of aliphatic hydroxyl groups is 1. The van der Waals surface area contributed by atoms with Gasteiger partial charge in [-0.3, -0.25) is 4.90 Å². The number of piperazine rings is 1. The van der Waals surface area contributed by atoms with Crippen LogP contribution in [0.25, 0.3) is 0 Å². The molecule has 0 saturated carbocycles. The summed E-state index contributed by atoms with van der Waals surface area (Å²) in [4.78, 5) is 14.0. The quantitative estimate of drug-likeness (QED) is 0.806. The van der Waals surface area contributed by atoms with E-state index in [1.807, 2.05) is 12.1 Å². The highest BCUT2D eigenvalue weighted by Crippen LogP contribution is 2.38. The number of ether oxygens (including phenoxy) is 1. The van der Waals surface area contributed by atoms with Gasteiger partial charge in [-0.25, -0.2) is 4.79 Å². The Kier molecular flexibility index (Phi) is 5.56. The van der Waals surface area contributed by atoms with Gasteiger partial charge in [-0.2, -0.15) is 0 Å². The number of hydrogen-bond acceptors (Lipinski definition) is 5. The van der Waals surface area contributed by atoms with Gasteiger partial charge in [0.1, 0.15) is 0 Å². The maximum absolute atomic E-state index is 11.6. The third-order valence-corrected chi connectivity index (χ3v) is 4.31. The van der Waals surface area contributed by atoms with Crippen LogP contribution >= 0.6 is 0 Å². The standard InChI is InChI=1S/C17H26N2O3/c1-17(2,12-20)15(19-10-8-18-9-11-19)13-4-6-14(7-5-13)16(21)22-3/h4-7,15,18,20H,8-12H2,1-3H3/t15-/m0/s1. The number of esters is 1. The van der Waals surface area contributed by atoms with Crippen molar-refractivity contribution in [3.63, 3.8) is 0 Å². The molecule has 0 aromatic heterocycles. The molecule has 5 nitrogen and oxygen atoms in total. The zero-order valence-electron chi connectivity index (χ0n) is 13.6. The van der Waals surface area contributed by atoms with Gasteiger partial charge < -0.3 is 15.2 Å². The van der Waals surface area contributed by atoms with Crippen molar-refractivity contribution in [1.29, 1.82) is 0 Å². The van der Waals surface area contributed by atoms with Crippen LogP contribution in [0, 0.1) is 5.41 Å². The number of nitrogens with one attached hydrogen (secondary N) is 1. The van der Waals surface area contributed by atoms with E-state index in [0.717, 1.165) is 31.7 Å². The van der Waals surface area contributed by atoms with Crippen LogP contribution in [-0.2, 0) is 4.74 Å². The van der Waals surface area contributed by atoms with Crippen molar-refractivity contribution in [2.45, 2.75) is 19.9 Å². The van der Waals surface area contributed by atoms with Crippen LogP contribution in [-0.4, -0.2) is 55.9 Å². The number of carbonyl (C=O) groups excluding carboxylic acids is 1. The Morgan fingerprint density at radius 1 is 1.32 bits per heavy atom. The molecule has 1 aliphatic rings. The van der Waals surface area contributed by atoms with Gasteiger partial charge in [-0.1, -0.05) is 26.0 Å². The summed E-state index contributed by atoms with van der Waals surface area (Å²) in [6.45, 7) is 8.08. The van der Waals surface area contributed by atoms with Gasteiger partial charge in [0, 0.05) is 44.2 Å². The fourth-order valence-electron chi connectivity index (χ4n) is 3.10. The Bertz CT molecular complexity index is 493. The van der Waals surface area contributed by atoms with E-state index >= 15 is 0 Å². The SMILES string of the molecule is COC(=O)c1ccc([C@H](N2CCNCC2)C(C)(C)CO)cc1. The van der Waals surface area contributed by atoms with Gasteiger partial charge in [-0.05, 0) is 17.7 Å². The van der Waals surface area contributed by atoms with Crippen LogP contribution in [0.15, 0.2) is 24.3 Å². The summed E-state index contributed by atoms with van der Waals surface area (Å²) in [5.41, 5.74) is 1.41. The summed E-state index contributed by atoms with van der Waals surface area (Å²) in [7, 11) is 1.38. The lowest BCUT2D eigenvalue weighted by molar-refractivity contribution is 0.0305. The zero-order chi connectivity index (χ0) is 16.2. The molecule has 2 rings (SSSR count). The Balaban J connectivity index is 2.30. The van der Waals surface area contributed by atoms with E-state index in [4.69, 9.17) is 4.74 Å². The molecule has 0 radical (unpaired) electrons. The van der Waals surface area contributed by atoms with E-state index in [0.29, 0.717) is 5.56 Å². The topological polar surface area (TPSA) is 61.8 Å². The van der Waals surface area contributed by atoms with Crippen LogP contribution in [0.2, 0.25) is 0 Å². The fourth-order valence-corrected chi connectivity index (χ4v) is 3.10.